The molecular weight excluding hydrogens is 150 g/mol. The predicted octanol–water partition coefficient (Wildman–Crippen LogP) is 1.24. The molecule has 0 amide bonds. The van der Waals surface area contributed by atoms with E-state index < -0.39 is 0 Å². The second-order valence-corrected chi connectivity index (χ2v) is 2.07. The smallest absolute Gasteiger partial charge is 0.295 e. The van der Waals surface area contributed by atoms with Gasteiger partial charge in [0.25, 0.3) is 5.71 Å². The standard InChI is InChI=1S/C6H6ClN3/c7-9-5-1-3-6(10-8)4-2-5/h1-3,9H,4H2. The summed E-state index contributed by atoms with van der Waals surface area (Å²) in [5.41, 5.74) is 9.77. The van der Waals surface area contributed by atoms with Gasteiger partial charge in [0.05, 0.1) is 6.42 Å². The van der Waals surface area contributed by atoms with E-state index in [1.54, 1.807) is 12.2 Å². The van der Waals surface area contributed by atoms with Crippen molar-refractivity contribution in [3.8, 4) is 0 Å². The monoisotopic (exact) mass is 155 g/mol. The highest BCUT2D eigenvalue weighted by atomic mass is 35.5. The molecule has 0 aliphatic heterocycles. The van der Waals surface area contributed by atoms with Crippen LogP contribution in [0, 0.1) is 0 Å². The average Bonchev–Trinajstić information content (AvgIpc) is 2.05. The Hall–Kier alpha value is -1.05. The number of nitrogens with one attached hydrogen (secondary N) is 1. The second kappa shape index (κ2) is 3.20. The number of halogens is 1. The second-order valence-electron chi connectivity index (χ2n) is 1.88. The zero-order valence-corrected chi connectivity index (χ0v) is 5.97. The molecule has 4 heteroatoms. The number of nitrogens with zero attached hydrogens (tertiary/aromatic N) is 2. The summed E-state index contributed by atoms with van der Waals surface area (Å²) >= 11 is 5.30. The van der Waals surface area contributed by atoms with Crippen LogP contribution < -0.4 is 4.84 Å². The largest absolute Gasteiger partial charge is 0.361 e. The summed E-state index contributed by atoms with van der Waals surface area (Å²) in [6.45, 7) is 0. The van der Waals surface area contributed by atoms with E-state index in [1.807, 2.05) is 6.08 Å². The maximum absolute atomic E-state index is 8.30. The van der Waals surface area contributed by atoms with Crippen molar-refractivity contribution in [2.45, 2.75) is 6.42 Å². The van der Waals surface area contributed by atoms with Crippen molar-refractivity contribution < 1.29 is 4.79 Å². The van der Waals surface area contributed by atoms with Crippen molar-refractivity contribution in [3.05, 3.63) is 29.5 Å². The highest BCUT2D eigenvalue weighted by molar-refractivity contribution is 6.14. The molecule has 0 saturated carbocycles. The molecule has 1 aliphatic rings. The van der Waals surface area contributed by atoms with Crippen LogP contribution in [0.1, 0.15) is 6.42 Å². The van der Waals surface area contributed by atoms with E-state index in [4.69, 9.17) is 17.3 Å². The summed E-state index contributed by atoms with van der Waals surface area (Å²) in [6.07, 6.45) is 5.89. The molecule has 0 heterocycles. The highest BCUT2D eigenvalue weighted by Crippen LogP contribution is 2.03. The maximum Gasteiger partial charge on any atom is 0.295 e. The summed E-state index contributed by atoms with van der Waals surface area (Å²) in [6, 6.07) is 0. The van der Waals surface area contributed by atoms with Gasteiger partial charge in [-0.05, 0) is 12.2 Å². The molecule has 0 aromatic rings. The van der Waals surface area contributed by atoms with Crippen LogP contribution >= 0.6 is 11.8 Å². The molecule has 1 aliphatic carbocycles. The van der Waals surface area contributed by atoms with Gasteiger partial charge in [0.15, 0.2) is 0 Å². The van der Waals surface area contributed by atoms with Crippen molar-refractivity contribution in [2.75, 3.05) is 0 Å². The van der Waals surface area contributed by atoms with Gasteiger partial charge in [0, 0.05) is 23.5 Å². The summed E-state index contributed by atoms with van der Waals surface area (Å²) < 4.78 is 0. The Morgan fingerprint density at radius 3 is 2.80 bits per heavy atom. The Morgan fingerprint density at radius 2 is 2.40 bits per heavy atom. The summed E-state index contributed by atoms with van der Waals surface area (Å²) in [5, 5.41) is 0. The van der Waals surface area contributed by atoms with Crippen LogP contribution in [0.4, 0.5) is 0 Å². The first-order valence-electron chi connectivity index (χ1n) is 2.82. The van der Waals surface area contributed by atoms with Gasteiger partial charge in [-0.2, -0.15) is 4.79 Å². The minimum absolute atomic E-state index is 0.613. The lowest BCUT2D eigenvalue weighted by molar-refractivity contribution is -0.00541. The van der Waals surface area contributed by atoms with Crippen molar-refractivity contribution >= 4 is 17.5 Å². The molecule has 0 saturated heterocycles. The zero-order chi connectivity index (χ0) is 7.40. The SMILES string of the molecule is [N-]=[N+]=C1C=CC(NCl)=CC1. The van der Waals surface area contributed by atoms with Crippen molar-refractivity contribution in [1.82, 2.24) is 4.84 Å². The third kappa shape index (κ3) is 1.47. The van der Waals surface area contributed by atoms with Gasteiger partial charge in [0.2, 0.25) is 0 Å². The first kappa shape index (κ1) is 7.06. The van der Waals surface area contributed by atoms with E-state index in [9.17, 15) is 0 Å². The molecule has 0 bridgehead atoms. The number of rotatable bonds is 1. The van der Waals surface area contributed by atoms with Crippen LogP contribution in [0.5, 0.6) is 0 Å². The molecule has 10 heavy (non-hydrogen) atoms. The van der Waals surface area contributed by atoms with Gasteiger partial charge in [-0.1, -0.05) is 0 Å². The molecule has 0 atom stereocenters. The lowest BCUT2D eigenvalue weighted by atomic mass is 10.1. The van der Waals surface area contributed by atoms with Crippen LogP contribution in [0.3, 0.4) is 0 Å². The van der Waals surface area contributed by atoms with Crippen molar-refractivity contribution in [2.24, 2.45) is 0 Å². The van der Waals surface area contributed by atoms with Crippen LogP contribution in [-0.2, 0) is 0 Å². The minimum atomic E-state index is 0.613. The lowest BCUT2D eigenvalue weighted by Gasteiger charge is -1.99. The first-order valence-corrected chi connectivity index (χ1v) is 3.20. The molecular formula is C6H6ClN3. The van der Waals surface area contributed by atoms with Crippen LogP contribution in [0.15, 0.2) is 23.9 Å². The molecule has 0 unspecified atom stereocenters. The van der Waals surface area contributed by atoms with Gasteiger partial charge in [-0.3, -0.25) is 4.84 Å². The number of hydrogen-bond donors (Lipinski definition) is 1. The van der Waals surface area contributed by atoms with Crippen LogP contribution in [0.25, 0.3) is 5.53 Å². The average molecular weight is 156 g/mol. The topological polar surface area (TPSA) is 48.4 Å². The van der Waals surface area contributed by atoms with Gasteiger partial charge < -0.3 is 5.53 Å². The van der Waals surface area contributed by atoms with Gasteiger partial charge in [0.1, 0.15) is 0 Å². The van der Waals surface area contributed by atoms with E-state index in [0.29, 0.717) is 12.1 Å². The molecule has 0 radical (unpaired) electrons. The van der Waals surface area contributed by atoms with E-state index in [-0.39, 0.29) is 0 Å². The fraction of sp³-hybridized carbons (Fsp3) is 0.167. The van der Waals surface area contributed by atoms with E-state index in [2.05, 4.69) is 9.63 Å². The quantitative estimate of drug-likeness (QED) is 0.346. The van der Waals surface area contributed by atoms with E-state index in [0.717, 1.165) is 5.70 Å². The molecule has 1 rings (SSSR count). The van der Waals surface area contributed by atoms with Crippen LogP contribution in [-0.4, -0.2) is 10.5 Å². The summed E-state index contributed by atoms with van der Waals surface area (Å²) in [5.74, 6) is 0. The molecule has 3 nitrogen and oxygen atoms in total. The van der Waals surface area contributed by atoms with Gasteiger partial charge in [-0.15, -0.1) is 0 Å². The molecule has 1 N–H and O–H groups in total. The van der Waals surface area contributed by atoms with Crippen LogP contribution in [0.2, 0.25) is 0 Å². The Balaban J connectivity index is 2.72. The Bertz CT molecular complexity index is 233. The van der Waals surface area contributed by atoms with Gasteiger partial charge in [-0.25, -0.2) is 0 Å². The molecule has 0 aromatic heterocycles. The van der Waals surface area contributed by atoms with E-state index in [1.165, 1.54) is 0 Å². The summed E-state index contributed by atoms with van der Waals surface area (Å²) in [7, 11) is 0. The lowest BCUT2D eigenvalue weighted by Crippen LogP contribution is -2.04. The first-order chi connectivity index (χ1) is 4.86. The third-order valence-corrected chi connectivity index (χ3v) is 1.44. The molecule has 52 valence electrons. The Morgan fingerprint density at radius 1 is 1.60 bits per heavy atom. The Kier molecular flexibility index (Phi) is 2.26. The number of hydrogen-bond acceptors (Lipinski definition) is 1. The zero-order valence-electron chi connectivity index (χ0n) is 5.21. The highest BCUT2D eigenvalue weighted by Gasteiger charge is 2.06. The number of allylic oxidation sites excluding steroid dienone is 3. The van der Waals surface area contributed by atoms with Gasteiger partial charge >= 0.3 is 0 Å². The normalized spacial score (nSPS) is 16.1. The van der Waals surface area contributed by atoms with E-state index >= 15 is 0 Å². The molecule has 0 fully saturated rings. The Labute approximate surface area is 63.7 Å². The maximum atomic E-state index is 8.30. The fourth-order valence-electron chi connectivity index (χ4n) is 0.681. The minimum Gasteiger partial charge on any atom is -0.361 e. The fourth-order valence-corrected chi connectivity index (χ4v) is 0.821. The summed E-state index contributed by atoms with van der Waals surface area (Å²) in [4.78, 5) is 5.49. The van der Waals surface area contributed by atoms with Crippen molar-refractivity contribution in [1.29, 1.82) is 0 Å². The van der Waals surface area contributed by atoms with Crippen molar-refractivity contribution in [3.63, 3.8) is 0 Å². The molecule has 0 aromatic carbocycles. The molecule has 0 spiro atoms. The third-order valence-electron chi connectivity index (χ3n) is 1.22. The predicted molar refractivity (Wildman–Crippen MR) is 39.5 cm³/mol.